The van der Waals surface area contributed by atoms with Crippen molar-refractivity contribution >= 4 is 5.82 Å². The Kier molecular flexibility index (Phi) is 4.53. The molecule has 4 aromatic rings. The third-order valence-corrected chi connectivity index (χ3v) is 6.26. The molecule has 1 fully saturated rings. The van der Waals surface area contributed by atoms with Gasteiger partial charge in [0.25, 0.3) is 0 Å². The van der Waals surface area contributed by atoms with E-state index in [0.717, 1.165) is 59.2 Å². The van der Waals surface area contributed by atoms with Gasteiger partial charge in [-0.1, -0.05) is 12.1 Å². The van der Waals surface area contributed by atoms with Crippen LogP contribution in [0.3, 0.4) is 0 Å². The van der Waals surface area contributed by atoms with Crippen molar-refractivity contribution in [2.75, 3.05) is 32.1 Å². The number of hydrogen-bond acceptors (Lipinski definition) is 5. The molecule has 8 heteroatoms. The van der Waals surface area contributed by atoms with Crippen molar-refractivity contribution in [3.05, 3.63) is 78.3 Å². The monoisotopic (exact) mass is 441 g/mol. The number of halogens is 1. The lowest BCUT2D eigenvalue weighted by Crippen LogP contribution is -2.20. The molecule has 6 rings (SSSR count). The number of aromatic nitrogens is 5. The Hall–Kier alpha value is -3.94. The summed E-state index contributed by atoms with van der Waals surface area (Å²) in [5.74, 6) is 1.52. The highest BCUT2D eigenvalue weighted by Gasteiger charge is 2.24. The van der Waals surface area contributed by atoms with Crippen LogP contribution in [-0.4, -0.2) is 56.4 Å². The maximum atomic E-state index is 13.4. The van der Waals surface area contributed by atoms with Gasteiger partial charge in [0, 0.05) is 51.1 Å². The summed E-state index contributed by atoms with van der Waals surface area (Å²) in [7, 11) is 4.11. The minimum absolute atomic E-state index is 0.237. The van der Waals surface area contributed by atoms with E-state index in [1.165, 1.54) is 17.7 Å². The van der Waals surface area contributed by atoms with Crippen LogP contribution in [0, 0.1) is 5.82 Å². The van der Waals surface area contributed by atoms with Crippen molar-refractivity contribution in [2.45, 2.75) is 13.0 Å². The van der Waals surface area contributed by atoms with Crippen LogP contribution in [0.1, 0.15) is 12.0 Å². The Labute approximate surface area is 191 Å². The van der Waals surface area contributed by atoms with Crippen LogP contribution >= 0.6 is 0 Å². The molecule has 0 amide bonds. The van der Waals surface area contributed by atoms with Gasteiger partial charge < -0.3 is 14.4 Å². The molecule has 0 unspecified atom stereocenters. The maximum Gasteiger partial charge on any atom is 0.185 e. The molecule has 0 spiro atoms. The number of hydrogen-bond donors (Lipinski definition) is 0. The van der Waals surface area contributed by atoms with Gasteiger partial charge in [0.1, 0.15) is 18.0 Å². The molecule has 5 heterocycles. The average molecular weight is 442 g/mol. The lowest BCUT2D eigenvalue weighted by Gasteiger charge is -2.18. The Balaban J connectivity index is 1.39. The Morgan fingerprint density at radius 1 is 1.06 bits per heavy atom. The molecule has 0 atom stereocenters. The molecule has 33 heavy (non-hydrogen) atoms. The second kappa shape index (κ2) is 7.58. The van der Waals surface area contributed by atoms with E-state index in [9.17, 15) is 4.39 Å². The van der Waals surface area contributed by atoms with Gasteiger partial charge in [0.15, 0.2) is 5.82 Å². The first-order valence-electron chi connectivity index (χ1n) is 11.0. The summed E-state index contributed by atoms with van der Waals surface area (Å²) in [5.41, 5.74) is 6.53. The first kappa shape index (κ1) is 19.7. The molecular formula is C25H24FN7. The number of pyridine rings is 1. The second-order valence-corrected chi connectivity index (χ2v) is 8.87. The lowest BCUT2D eigenvalue weighted by molar-refractivity contribution is 0.556. The fourth-order valence-electron chi connectivity index (χ4n) is 4.74. The molecule has 0 bridgehead atoms. The van der Waals surface area contributed by atoms with Gasteiger partial charge >= 0.3 is 0 Å². The van der Waals surface area contributed by atoms with E-state index in [1.807, 2.05) is 10.8 Å². The van der Waals surface area contributed by atoms with Crippen LogP contribution in [-0.2, 0) is 6.54 Å². The highest BCUT2D eigenvalue weighted by atomic mass is 19.1. The highest BCUT2D eigenvalue weighted by molar-refractivity contribution is 5.71. The van der Waals surface area contributed by atoms with Crippen molar-refractivity contribution in [3.8, 4) is 28.3 Å². The molecule has 0 aliphatic carbocycles. The van der Waals surface area contributed by atoms with Crippen molar-refractivity contribution in [1.82, 2.24) is 29.2 Å². The van der Waals surface area contributed by atoms with Gasteiger partial charge in [-0.3, -0.25) is 4.57 Å². The fourth-order valence-corrected chi connectivity index (χ4v) is 4.74. The van der Waals surface area contributed by atoms with Crippen molar-refractivity contribution in [2.24, 2.45) is 0 Å². The number of anilines is 1. The zero-order valence-electron chi connectivity index (χ0n) is 18.6. The third kappa shape index (κ3) is 3.47. The Morgan fingerprint density at radius 2 is 1.91 bits per heavy atom. The van der Waals surface area contributed by atoms with E-state index in [-0.39, 0.29) is 5.82 Å². The maximum absolute atomic E-state index is 13.4. The van der Waals surface area contributed by atoms with Crippen LogP contribution in [0.15, 0.2) is 66.9 Å². The Morgan fingerprint density at radius 3 is 2.73 bits per heavy atom. The SMILES string of the molecule is CN(C)/C=C1\CCN(c2cc3c(cn2)-n2cnnc2-c2cc(-c4ccc(F)cc4)cn2C3)C1. The number of fused-ring (bicyclic) bond motifs is 5. The molecule has 3 aromatic heterocycles. The minimum Gasteiger partial charge on any atom is -0.383 e. The van der Waals surface area contributed by atoms with E-state index in [2.05, 4.69) is 63.2 Å². The number of nitrogens with zero attached hydrogens (tertiary/aromatic N) is 7. The largest absolute Gasteiger partial charge is 0.383 e. The predicted molar refractivity (Wildman–Crippen MR) is 126 cm³/mol. The minimum atomic E-state index is -0.237. The average Bonchev–Trinajstić information content (AvgIpc) is 3.53. The van der Waals surface area contributed by atoms with Crippen molar-refractivity contribution < 1.29 is 4.39 Å². The van der Waals surface area contributed by atoms with Gasteiger partial charge in [-0.15, -0.1) is 10.2 Å². The van der Waals surface area contributed by atoms with Crippen molar-refractivity contribution in [1.29, 1.82) is 0 Å². The molecule has 0 saturated carbocycles. The smallest absolute Gasteiger partial charge is 0.185 e. The topological polar surface area (TPSA) is 55.0 Å². The summed E-state index contributed by atoms with van der Waals surface area (Å²) in [5, 5.41) is 8.57. The zero-order chi connectivity index (χ0) is 22.5. The number of benzene rings is 1. The van der Waals surface area contributed by atoms with E-state index in [0.29, 0.717) is 6.54 Å². The number of rotatable bonds is 3. The quantitative estimate of drug-likeness (QED) is 0.424. The Bertz CT molecular complexity index is 1360. The third-order valence-electron chi connectivity index (χ3n) is 6.26. The summed E-state index contributed by atoms with van der Waals surface area (Å²) >= 11 is 0. The lowest BCUT2D eigenvalue weighted by atomic mass is 10.1. The standard InChI is InChI=1S/C25H24FN7/c1-30(2)12-17-7-8-31(13-17)24-10-20-15-32-14-19(18-3-5-21(26)6-4-18)9-22(32)25-29-28-16-33(25)23(20)11-27-24/h3-6,9-12,14,16H,7-8,13,15H2,1-2H3/b17-12+. The first-order chi connectivity index (χ1) is 16.0. The fraction of sp³-hybridized carbons (Fsp3) is 0.240. The first-order valence-corrected chi connectivity index (χ1v) is 11.0. The molecule has 0 N–H and O–H groups in total. The summed E-state index contributed by atoms with van der Waals surface area (Å²) in [6.45, 7) is 2.55. The van der Waals surface area contributed by atoms with E-state index < -0.39 is 0 Å². The molecule has 166 valence electrons. The summed E-state index contributed by atoms with van der Waals surface area (Å²) < 4.78 is 17.6. The van der Waals surface area contributed by atoms with E-state index in [1.54, 1.807) is 18.5 Å². The molecule has 1 saturated heterocycles. The predicted octanol–water partition coefficient (Wildman–Crippen LogP) is 3.95. The van der Waals surface area contributed by atoms with Gasteiger partial charge in [-0.25, -0.2) is 9.37 Å². The van der Waals surface area contributed by atoms with Crippen LogP contribution in [0.2, 0.25) is 0 Å². The van der Waals surface area contributed by atoms with Crippen LogP contribution in [0.4, 0.5) is 10.2 Å². The summed E-state index contributed by atoms with van der Waals surface area (Å²) in [6, 6.07) is 10.9. The van der Waals surface area contributed by atoms with Crippen LogP contribution in [0.25, 0.3) is 28.3 Å². The normalized spacial score (nSPS) is 15.8. The van der Waals surface area contributed by atoms with Gasteiger partial charge in [0.05, 0.1) is 17.6 Å². The van der Waals surface area contributed by atoms with E-state index >= 15 is 0 Å². The molecular weight excluding hydrogens is 417 g/mol. The van der Waals surface area contributed by atoms with Gasteiger partial charge in [-0.05, 0) is 48.0 Å². The molecule has 0 radical (unpaired) electrons. The molecule has 7 nitrogen and oxygen atoms in total. The van der Waals surface area contributed by atoms with Gasteiger partial charge in [-0.2, -0.15) is 0 Å². The van der Waals surface area contributed by atoms with Gasteiger partial charge in [0.2, 0.25) is 0 Å². The summed E-state index contributed by atoms with van der Waals surface area (Å²) in [4.78, 5) is 9.22. The zero-order valence-corrected chi connectivity index (χ0v) is 18.6. The molecule has 2 aliphatic heterocycles. The van der Waals surface area contributed by atoms with Crippen LogP contribution in [0.5, 0.6) is 0 Å². The second-order valence-electron chi connectivity index (χ2n) is 8.87. The van der Waals surface area contributed by atoms with Crippen molar-refractivity contribution in [3.63, 3.8) is 0 Å². The molecule has 2 aliphatic rings. The molecule has 1 aromatic carbocycles. The highest BCUT2D eigenvalue weighted by Crippen LogP contribution is 2.34. The van der Waals surface area contributed by atoms with E-state index in [4.69, 9.17) is 4.98 Å². The van der Waals surface area contributed by atoms with Crippen LogP contribution < -0.4 is 4.90 Å². The summed E-state index contributed by atoms with van der Waals surface area (Å²) in [6.07, 6.45) is 9.03.